The minimum Gasteiger partial charge on any atom is -0.481 e. The number of carboxylic acids is 1. The number of halogens is 5. The molecule has 0 aliphatic rings. The maximum atomic E-state index is 13.7. The lowest BCUT2D eigenvalue weighted by Gasteiger charge is -2.40. The molecule has 142 valence electrons. The smallest absolute Gasteiger partial charge is 0.396 e. The Bertz CT molecular complexity index is 699. The molecule has 0 saturated carbocycles. The molecule has 2 atom stereocenters. The molecule has 1 aromatic rings. The third-order valence-corrected chi connectivity index (χ3v) is 4.71. The summed E-state index contributed by atoms with van der Waals surface area (Å²) in [6.07, 6.45) is 1.00. The number of aliphatic carboxylic acids is 1. The first-order chi connectivity index (χ1) is 11.9. The van der Waals surface area contributed by atoms with Gasteiger partial charge in [-0.25, -0.2) is 0 Å². The minimum absolute atomic E-state index is 0.335. The Morgan fingerprint density at radius 3 is 2.08 bits per heavy atom. The van der Waals surface area contributed by atoms with Gasteiger partial charge >= 0.3 is 12.1 Å². The Hall–Kier alpha value is -1.64. The van der Waals surface area contributed by atoms with Crippen molar-refractivity contribution in [2.24, 2.45) is 17.3 Å². The van der Waals surface area contributed by atoms with E-state index in [0.29, 0.717) is 18.1 Å². The Kier molecular flexibility index (Phi) is 7.61. The van der Waals surface area contributed by atoms with Crippen molar-refractivity contribution in [1.29, 1.82) is 0 Å². The van der Waals surface area contributed by atoms with Gasteiger partial charge in [-0.15, -0.1) is 12.3 Å². The monoisotopic (exact) mass is 406 g/mol. The van der Waals surface area contributed by atoms with Gasteiger partial charge in [-0.1, -0.05) is 61.3 Å². The summed E-state index contributed by atoms with van der Waals surface area (Å²) in [6, 6.07) is 6.53. The van der Waals surface area contributed by atoms with Crippen molar-refractivity contribution in [3.63, 3.8) is 0 Å². The van der Waals surface area contributed by atoms with Crippen LogP contribution in [0, 0.1) is 29.6 Å². The standard InChI is InChI=1S/C19H19Cl2F3O2/c1-4-5-13-6-8-14(9-7-13)11-18(12(2)3,17(25)26)15(10-16(20)21)19(22,23)24/h1,6-10,12,15H,5,11H2,2-3H3,(H,25,26). The Morgan fingerprint density at radius 1 is 1.23 bits per heavy atom. The van der Waals surface area contributed by atoms with E-state index in [4.69, 9.17) is 29.6 Å². The van der Waals surface area contributed by atoms with Gasteiger partial charge < -0.3 is 5.11 Å². The molecule has 0 fully saturated rings. The molecular weight excluding hydrogens is 388 g/mol. The molecule has 0 aliphatic heterocycles. The average molecular weight is 407 g/mol. The molecule has 1 aromatic carbocycles. The summed E-state index contributed by atoms with van der Waals surface area (Å²) in [5.41, 5.74) is -0.894. The number of carboxylic acid groups (broad SMARTS) is 1. The van der Waals surface area contributed by atoms with Crippen LogP contribution in [0.15, 0.2) is 34.8 Å². The van der Waals surface area contributed by atoms with Crippen molar-refractivity contribution in [1.82, 2.24) is 0 Å². The maximum Gasteiger partial charge on any atom is 0.396 e. The zero-order valence-electron chi connectivity index (χ0n) is 14.3. The summed E-state index contributed by atoms with van der Waals surface area (Å²) in [5, 5.41) is 9.80. The van der Waals surface area contributed by atoms with E-state index in [1.165, 1.54) is 13.8 Å². The minimum atomic E-state index is -4.83. The number of alkyl halides is 3. The second kappa shape index (κ2) is 8.83. The molecule has 7 heteroatoms. The number of carbonyl (C=O) groups is 1. The molecule has 0 spiro atoms. The topological polar surface area (TPSA) is 37.3 Å². The third kappa shape index (κ3) is 5.18. The maximum absolute atomic E-state index is 13.7. The van der Waals surface area contributed by atoms with E-state index in [9.17, 15) is 23.1 Å². The fourth-order valence-electron chi connectivity index (χ4n) is 3.02. The van der Waals surface area contributed by atoms with Crippen molar-refractivity contribution in [2.75, 3.05) is 0 Å². The number of hydrogen-bond donors (Lipinski definition) is 1. The van der Waals surface area contributed by atoms with Crippen LogP contribution < -0.4 is 0 Å². The lowest BCUT2D eigenvalue weighted by atomic mass is 9.64. The molecule has 2 nitrogen and oxygen atoms in total. The Morgan fingerprint density at radius 2 is 1.73 bits per heavy atom. The van der Waals surface area contributed by atoms with Gasteiger partial charge in [0.2, 0.25) is 0 Å². The zero-order chi connectivity index (χ0) is 20.1. The fraction of sp³-hybridized carbons (Fsp3) is 0.421. The van der Waals surface area contributed by atoms with E-state index in [1.54, 1.807) is 24.3 Å². The van der Waals surface area contributed by atoms with Crippen LogP contribution in [0.3, 0.4) is 0 Å². The summed E-state index contributed by atoms with van der Waals surface area (Å²) in [6.45, 7) is 2.88. The summed E-state index contributed by atoms with van der Waals surface area (Å²) in [7, 11) is 0. The van der Waals surface area contributed by atoms with E-state index in [2.05, 4.69) is 5.92 Å². The van der Waals surface area contributed by atoms with E-state index in [0.717, 1.165) is 5.56 Å². The molecule has 0 aromatic heterocycles. The van der Waals surface area contributed by atoms with Crippen molar-refractivity contribution in [2.45, 2.75) is 32.9 Å². The van der Waals surface area contributed by atoms with Crippen LogP contribution in [0.25, 0.3) is 0 Å². The fourth-order valence-corrected chi connectivity index (χ4v) is 3.27. The molecule has 1 rings (SSSR count). The number of rotatable bonds is 7. The zero-order valence-corrected chi connectivity index (χ0v) is 15.8. The van der Waals surface area contributed by atoms with Crippen LogP contribution >= 0.6 is 23.2 Å². The third-order valence-electron chi connectivity index (χ3n) is 4.45. The molecule has 26 heavy (non-hydrogen) atoms. The van der Waals surface area contributed by atoms with E-state index >= 15 is 0 Å². The van der Waals surface area contributed by atoms with Gasteiger partial charge in [0, 0.05) is 6.42 Å². The van der Waals surface area contributed by atoms with Gasteiger partial charge in [0.15, 0.2) is 0 Å². The SMILES string of the molecule is C#CCc1ccc(CC(C(=O)O)(C(C)C)C(C=C(Cl)Cl)C(F)(F)F)cc1. The van der Waals surface area contributed by atoms with E-state index in [-0.39, 0.29) is 6.42 Å². The number of allylic oxidation sites excluding steroid dienone is 1. The van der Waals surface area contributed by atoms with Crippen LogP contribution in [0.5, 0.6) is 0 Å². The molecule has 1 N–H and O–H groups in total. The second-order valence-electron chi connectivity index (χ2n) is 6.35. The second-order valence-corrected chi connectivity index (χ2v) is 7.36. The summed E-state index contributed by atoms with van der Waals surface area (Å²) < 4.78 is 40.5. The molecule has 0 heterocycles. The highest BCUT2D eigenvalue weighted by atomic mass is 35.5. The van der Waals surface area contributed by atoms with Crippen LogP contribution in [-0.4, -0.2) is 17.3 Å². The van der Waals surface area contributed by atoms with Crippen molar-refractivity contribution in [3.8, 4) is 12.3 Å². The van der Waals surface area contributed by atoms with Gasteiger partial charge in [-0.05, 0) is 29.5 Å². The van der Waals surface area contributed by atoms with Gasteiger partial charge in [0.25, 0.3) is 0 Å². The molecule has 0 saturated heterocycles. The van der Waals surface area contributed by atoms with Crippen LogP contribution in [-0.2, 0) is 17.6 Å². The van der Waals surface area contributed by atoms with E-state index < -0.39 is 33.9 Å². The molecular formula is C19H19Cl2F3O2. The first kappa shape index (κ1) is 22.4. The molecule has 0 amide bonds. The van der Waals surface area contributed by atoms with Crippen LogP contribution in [0.2, 0.25) is 0 Å². The molecule has 0 bridgehead atoms. The first-order valence-corrected chi connectivity index (χ1v) is 8.55. The van der Waals surface area contributed by atoms with Gasteiger partial charge in [-0.3, -0.25) is 4.79 Å². The number of benzene rings is 1. The molecule has 0 aliphatic carbocycles. The molecule has 0 radical (unpaired) electrons. The summed E-state index contributed by atoms with van der Waals surface area (Å²) in [4.78, 5) is 12.1. The van der Waals surface area contributed by atoms with Gasteiger partial charge in [0.05, 0.1) is 11.3 Å². The van der Waals surface area contributed by atoms with Gasteiger partial charge in [-0.2, -0.15) is 13.2 Å². The Labute approximate surface area is 161 Å². The van der Waals surface area contributed by atoms with Crippen LogP contribution in [0.4, 0.5) is 13.2 Å². The van der Waals surface area contributed by atoms with Crippen molar-refractivity contribution >= 4 is 29.2 Å². The van der Waals surface area contributed by atoms with Crippen molar-refractivity contribution < 1.29 is 23.1 Å². The highest BCUT2D eigenvalue weighted by molar-refractivity contribution is 6.55. The van der Waals surface area contributed by atoms with E-state index in [1.807, 2.05) is 0 Å². The lowest BCUT2D eigenvalue weighted by molar-refractivity contribution is -0.209. The Balaban J connectivity index is 3.49. The highest BCUT2D eigenvalue weighted by Gasteiger charge is 2.58. The molecule has 2 unspecified atom stereocenters. The number of terminal acetylenes is 1. The summed E-state index contributed by atoms with van der Waals surface area (Å²) >= 11 is 10.9. The van der Waals surface area contributed by atoms with Crippen LogP contribution in [0.1, 0.15) is 25.0 Å². The quantitative estimate of drug-likeness (QED) is 0.595. The van der Waals surface area contributed by atoms with Gasteiger partial charge in [0.1, 0.15) is 4.49 Å². The predicted octanol–water partition coefficient (Wildman–Crippen LogP) is 5.63. The largest absolute Gasteiger partial charge is 0.481 e. The highest BCUT2D eigenvalue weighted by Crippen LogP contribution is 2.49. The number of hydrogen-bond acceptors (Lipinski definition) is 1. The normalized spacial score (nSPS) is 15.0. The lowest BCUT2D eigenvalue weighted by Crippen LogP contribution is -2.50. The first-order valence-electron chi connectivity index (χ1n) is 7.79. The predicted molar refractivity (Wildman–Crippen MR) is 96.9 cm³/mol. The van der Waals surface area contributed by atoms with Crippen molar-refractivity contribution in [3.05, 3.63) is 46.0 Å². The summed E-state index contributed by atoms with van der Waals surface area (Å²) in [5.74, 6) is -2.28. The average Bonchev–Trinajstić information content (AvgIpc) is 2.50.